The topological polar surface area (TPSA) is 44.9 Å². The number of H-pyrrole nitrogens is 1. The molecule has 0 amide bonds. The minimum absolute atomic E-state index is 0.0253. The number of aryl methyl sites for hydroxylation is 1. The van der Waals surface area contributed by atoms with E-state index in [4.69, 9.17) is 0 Å². The van der Waals surface area contributed by atoms with E-state index in [-0.39, 0.29) is 5.56 Å². The molecule has 3 heteroatoms. The maximum absolute atomic E-state index is 11.3. The molecule has 1 aliphatic rings. The molecule has 2 N–H and O–H groups in total. The van der Waals surface area contributed by atoms with Crippen molar-refractivity contribution < 1.29 is 0 Å². The van der Waals surface area contributed by atoms with E-state index in [0.717, 1.165) is 18.7 Å². The van der Waals surface area contributed by atoms with E-state index >= 15 is 0 Å². The lowest BCUT2D eigenvalue weighted by atomic mass is 9.91. The van der Waals surface area contributed by atoms with E-state index in [2.05, 4.69) is 17.2 Å². The molecular formula is C15H24N2O. The molecule has 1 unspecified atom stereocenters. The third-order valence-electron chi connectivity index (χ3n) is 3.75. The van der Waals surface area contributed by atoms with Gasteiger partial charge in [-0.05, 0) is 37.8 Å². The van der Waals surface area contributed by atoms with E-state index in [1.54, 1.807) is 6.07 Å². The van der Waals surface area contributed by atoms with Gasteiger partial charge in [0.25, 0.3) is 0 Å². The Morgan fingerprint density at radius 3 is 3.06 bits per heavy atom. The lowest BCUT2D eigenvalue weighted by Crippen LogP contribution is -2.28. The Labute approximate surface area is 109 Å². The Hall–Kier alpha value is -1.09. The van der Waals surface area contributed by atoms with E-state index in [9.17, 15) is 4.79 Å². The second-order valence-electron chi connectivity index (χ2n) is 5.22. The summed E-state index contributed by atoms with van der Waals surface area (Å²) in [5, 5.41) is 3.63. The van der Waals surface area contributed by atoms with Crippen molar-refractivity contribution in [1.82, 2.24) is 10.3 Å². The molecule has 1 aromatic heterocycles. The SMILES string of the molecule is CCCCCCNC1CCCc2[nH]c(=O)ccc21. The zero-order valence-electron chi connectivity index (χ0n) is 11.3. The Kier molecular flexibility index (Phi) is 5.00. The quantitative estimate of drug-likeness (QED) is 0.760. The van der Waals surface area contributed by atoms with Crippen molar-refractivity contribution in [3.05, 3.63) is 33.7 Å². The van der Waals surface area contributed by atoms with Crippen LogP contribution in [0.2, 0.25) is 0 Å². The highest BCUT2D eigenvalue weighted by molar-refractivity contribution is 5.26. The molecule has 0 saturated heterocycles. The number of aromatic amines is 1. The van der Waals surface area contributed by atoms with Crippen LogP contribution in [0.15, 0.2) is 16.9 Å². The fraction of sp³-hybridized carbons (Fsp3) is 0.667. The van der Waals surface area contributed by atoms with Crippen LogP contribution in [-0.2, 0) is 6.42 Å². The standard InChI is InChI=1S/C15H24N2O/c1-2-3-4-5-11-16-13-7-6-8-14-12(13)9-10-15(18)17-14/h9-10,13,16H,2-8,11H2,1H3,(H,17,18). The van der Waals surface area contributed by atoms with Gasteiger partial charge >= 0.3 is 0 Å². The molecule has 1 heterocycles. The number of nitrogens with one attached hydrogen (secondary N) is 2. The molecule has 0 aromatic carbocycles. The average molecular weight is 248 g/mol. The zero-order valence-corrected chi connectivity index (χ0v) is 11.3. The predicted molar refractivity (Wildman–Crippen MR) is 74.9 cm³/mol. The van der Waals surface area contributed by atoms with Crippen LogP contribution in [-0.4, -0.2) is 11.5 Å². The normalized spacial score (nSPS) is 18.6. The van der Waals surface area contributed by atoms with Crippen LogP contribution in [0.4, 0.5) is 0 Å². The molecule has 0 bridgehead atoms. The Morgan fingerprint density at radius 1 is 1.33 bits per heavy atom. The van der Waals surface area contributed by atoms with Gasteiger partial charge in [-0.15, -0.1) is 0 Å². The van der Waals surface area contributed by atoms with Gasteiger partial charge in [0, 0.05) is 17.8 Å². The molecule has 0 saturated carbocycles. The minimum atomic E-state index is 0.0253. The number of fused-ring (bicyclic) bond motifs is 1. The number of pyridine rings is 1. The molecule has 1 aromatic rings. The fourth-order valence-corrected chi connectivity index (χ4v) is 2.74. The van der Waals surface area contributed by atoms with Crippen molar-refractivity contribution in [2.24, 2.45) is 0 Å². The number of unbranched alkanes of at least 4 members (excludes halogenated alkanes) is 3. The third kappa shape index (κ3) is 3.45. The maximum atomic E-state index is 11.3. The lowest BCUT2D eigenvalue weighted by Gasteiger charge is -2.26. The smallest absolute Gasteiger partial charge is 0.248 e. The third-order valence-corrected chi connectivity index (χ3v) is 3.75. The van der Waals surface area contributed by atoms with Crippen LogP contribution in [0, 0.1) is 0 Å². The molecule has 0 aliphatic heterocycles. The highest BCUT2D eigenvalue weighted by Gasteiger charge is 2.19. The molecular weight excluding hydrogens is 224 g/mol. The first-order valence-corrected chi connectivity index (χ1v) is 7.26. The van der Waals surface area contributed by atoms with Crippen molar-refractivity contribution in [1.29, 1.82) is 0 Å². The molecule has 2 rings (SSSR count). The maximum Gasteiger partial charge on any atom is 0.248 e. The molecule has 0 spiro atoms. The number of aromatic nitrogens is 1. The van der Waals surface area contributed by atoms with Crippen molar-refractivity contribution >= 4 is 0 Å². The summed E-state index contributed by atoms with van der Waals surface area (Å²) in [7, 11) is 0. The monoisotopic (exact) mass is 248 g/mol. The van der Waals surface area contributed by atoms with E-state index in [1.165, 1.54) is 44.1 Å². The lowest BCUT2D eigenvalue weighted by molar-refractivity contribution is 0.445. The summed E-state index contributed by atoms with van der Waals surface area (Å²) >= 11 is 0. The van der Waals surface area contributed by atoms with Crippen LogP contribution < -0.4 is 10.9 Å². The van der Waals surface area contributed by atoms with Crippen LogP contribution in [0.5, 0.6) is 0 Å². The Balaban J connectivity index is 1.89. The number of hydrogen-bond donors (Lipinski definition) is 2. The molecule has 0 radical (unpaired) electrons. The first-order chi connectivity index (χ1) is 8.81. The Bertz CT molecular complexity index is 425. The van der Waals surface area contributed by atoms with Gasteiger partial charge in [-0.25, -0.2) is 0 Å². The van der Waals surface area contributed by atoms with Gasteiger partial charge in [0.15, 0.2) is 0 Å². The van der Waals surface area contributed by atoms with E-state index in [0.29, 0.717) is 6.04 Å². The molecule has 3 nitrogen and oxygen atoms in total. The molecule has 1 atom stereocenters. The largest absolute Gasteiger partial charge is 0.326 e. The molecule has 1 aliphatic carbocycles. The van der Waals surface area contributed by atoms with Gasteiger partial charge in [-0.3, -0.25) is 4.79 Å². The van der Waals surface area contributed by atoms with E-state index in [1.807, 2.05) is 6.07 Å². The van der Waals surface area contributed by atoms with Crippen molar-refractivity contribution in [2.75, 3.05) is 6.54 Å². The fourth-order valence-electron chi connectivity index (χ4n) is 2.74. The average Bonchev–Trinajstić information content (AvgIpc) is 2.38. The second kappa shape index (κ2) is 6.74. The summed E-state index contributed by atoms with van der Waals surface area (Å²) in [6.07, 6.45) is 8.55. The summed E-state index contributed by atoms with van der Waals surface area (Å²) < 4.78 is 0. The summed E-state index contributed by atoms with van der Waals surface area (Å²) in [6.45, 7) is 3.32. The Morgan fingerprint density at radius 2 is 2.22 bits per heavy atom. The van der Waals surface area contributed by atoms with Crippen molar-refractivity contribution in [3.63, 3.8) is 0 Å². The summed E-state index contributed by atoms with van der Waals surface area (Å²) in [5.74, 6) is 0. The predicted octanol–water partition coefficient (Wildman–Crippen LogP) is 2.92. The van der Waals surface area contributed by atoms with Crippen LogP contribution >= 0.6 is 0 Å². The van der Waals surface area contributed by atoms with Crippen molar-refractivity contribution in [2.45, 2.75) is 57.9 Å². The van der Waals surface area contributed by atoms with Gasteiger partial charge in [0.2, 0.25) is 5.56 Å². The minimum Gasteiger partial charge on any atom is -0.326 e. The first kappa shape index (κ1) is 13.3. The van der Waals surface area contributed by atoms with Crippen LogP contribution in [0.3, 0.4) is 0 Å². The van der Waals surface area contributed by atoms with Gasteiger partial charge < -0.3 is 10.3 Å². The highest BCUT2D eigenvalue weighted by Crippen LogP contribution is 2.27. The van der Waals surface area contributed by atoms with Crippen LogP contribution in [0.25, 0.3) is 0 Å². The first-order valence-electron chi connectivity index (χ1n) is 7.26. The van der Waals surface area contributed by atoms with Crippen LogP contribution in [0.1, 0.15) is 62.7 Å². The van der Waals surface area contributed by atoms with Gasteiger partial charge in [0.1, 0.15) is 0 Å². The van der Waals surface area contributed by atoms with E-state index < -0.39 is 0 Å². The van der Waals surface area contributed by atoms with Gasteiger partial charge in [-0.1, -0.05) is 32.3 Å². The summed E-state index contributed by atoms with van der Waals surface area (Å²) in [6, 6.07) is 4.08. The molecule has 0 fully saturated rings. The van der Waals surface area contributed by atoms with Gasteiger partial charge in [0.05, 0.1) is 0 Å². The second-order valence-corrected chi connectivity index (χ2v) is 5.22. The highest BCUT2D eigenvalue weighted by atomic mass is 16.1. The number of hydrogen-bond acceptors (Lipinski definition) is 2. The molecule has 100 valence electrons. The van der Waals surface area contributed by atoms with Gasteiger partial charge in [-0.2, -0.15) is 0 Å². The molecule has 18 heavy (non-hydrogen) atoms. The zero-order chi connectivity index (χ0) is 12.8. The summed E-state index contributed by atoms with van der Waals surface area (Å²) in [4.78, 5) is 14.3. The summed E-state index contributed by atoms with van der Waals surface area (Å²) in [5.41, 5.74) is 2.47. The number of rotatable bonds is 6. The van der Waals surface area contributed by atoms with Crippen molar-refractivity contribution in [3.8, 4) is 0 Å².